The van der Waals surface area contributed by atoms with Crippen molar-refractivity contribution >= 4 is 0 Å². The van der Waals surface area contributed by atoms with Crippen LogP contribution in [0.2, 0.25) is 0 Å². The molecule has 3 heteroatoms. The lowest BCUT2D eigenvalue weighted by molar-refractivity contribution is 0.271. The minimum absolute atomic E-state index is 0.171. The maximum Gasteiger partial charge on any atom is 0.170 e. The van der Waals surface area contributed by atoms with Crippen molar-refractivity contribution in [3.63, 3.8) is 0 Å². The molecule has 14 heavy (non-hydrogen) atoms. The van der Waals surface area contributed by atoms with Gasteiger partial charge in [-0.1, -0.05) is 19.9 Å². The Balaban J connectivity index is 0.000000791. The highest BCUT2D eigenvalue weighted by molar-refractivity contribution is 5.36. The molecule has 1 N–H and O–H groups in total. The molecule has 0 atom stereocenters. The lowest BCUT2D eigenvalue weighted by Crippen LogP contribution is -1.97. The fourth-order valence-corrected chi connectivity index (χ4v) is 1.05. The lowest BCUT2D eigenvalue weighted by atomic mass is 10.1. The summed E-state index contributed by atoms with van der Waals surface area (Å²) in [4.78, 5) is 0. The molecule has 0 saturated carbocycles. The number of hydrogen-bond acceptors (Lipinski definition) is 2. The Morgan fingerprint density at radius 2 is 1.93 bits per heavy atom. The first-order valence-electron chi connectivity index (χ1n) is 4.63. The van der Waals surface area contributed by atoms with E-state index in [1.807, 2.05) is 13.8 Å². The first-order valence-corrected chi connectivity index (χ1v) is 4.63. The van der Waals surface area contributed by atoms with Gasteiger partial charge in [0.05, 0.1) is 13.7 Å². The average molecular weight is 200 g/mol. The van der Waals surface area contributed by atoms with Crippen molar-refractivity contribution < 1.29 is 14.2 Å². The number of halogens is 1. The number of hydrogen-bond donors (Lipinski definition) is 1. The maximum atomic E-state index is 13.2. The van der Waals surface area contributed by atoms with Crippen LogP contribution in [0.1, 0.15) is 25.0 Å². The molecular weight excluding hydrogens is 183 g/mol. The molecule has 0 heterocycles. The highest BCUT2D eigenvalue weighted by Crippen LogP contribution is 2.22. The number of aliphatic hydroxyl groups excluding tert-OH is 1. The number of aliphatic hydroxyl groups is 1. The van der Waals surface area contributed by atoms with Crippen LogP contribution in [0.3, 0.4) is 0 Å². The van der Waals surface area contributed by atoms with Gasteiger partial charge in [-0.25, -0.2) is 4.39 Å². The summed E-state index contributed by atoms with van der Waals surface area (Å²) < 4.78 is 18.0. The summed E-state index contributed by atoms with van der Waals surface area (Å²) in [6, 6.07) is 3.26. The van der Waals surface area contributed by atoms with Crippen molar-refractivity contribution in [2.24, 2.45) is 0 Å². The van der Waals surface area contributed by atoms with Gasteiger partial charge in [-0.3, -0.25) is 0 Å². The third kappa shape index (κ3) is 2.70. The minimum Gasteiger partial charge on any atom is -0.494 e. The summed E-state index contributed by atoms with van der Waals surface area (Å²) in [6.45, 7) is 5.45. The molecule has 0 bridgehead atoms. The van der Waals surface area contributed by atoms with Crippen molar-refractivity contribution in [1.29, 1.82) is 0 Å². The molecular formula is C11H17FO2. The van der Waals surface area contributed by atoms with Gasteiger partial charge in [0.15, 0.2) is 11.6 Å². The molecule has 0 aliphatic heterocycles. The molecule has 0 saturated heterocycles. The topological polar surface area (TPSA) is 29.5 Å². The van der Waals surface area contributed by atoms with Crippen LogP contribution in [0, 0.1) is 12.7 Å². The highest BCUT2D eigenvalue weighted by Gasteiger charge is 2.09. The third-order valence-corrected chi connectivity index (χ3v) is 1.82. The van der Waals surface area contributed by atoms with Crippen LogP contribution in [-0.4, -0.2) is 12.2 Å². The third-order valence-electron chi connectivity index (χ3n) is 1.82. The number of rotatable bonds is 2. The predicted molar refractivity (Wildman–Crippen MR) is 55.0 cm³/mol. The average Bonchev–Trinajstić information content (AvgIpc) is 2.22. The van der Waals surface area contributed by atoms with Crippen LogP contribution < -0.4 is 4.74 Å². The Morgan fingerprint density at radius 1 is 1.36 bits per heavy atom. The Kier molecular flexibility index (Phi) is 5.88. The normalized spacial score (nSPS) is 9.00. The van der Waals surface area contributed by atoms with Gasteiger partial charge < -0.3 is 9.84 Å². The highest BCUT2D eigenvalue weighted by atomic mass is 19.1. The van der Waals surface area contributed by atoms with E-state index in [0.29, 0.717) is 5.56 Å². The van der Waals surface area contributed by atoms with Crippen LogP contribution in [-0.2, 0) is 6.61 Å². The molecule has 0 aliphatic carbocycles. The summed E-state index contributed by atoms with van der Waals surface area (Å²) >= 11 is 0. The van der Waals surface area contributed by atoms with Gasteiger partial charge in [0.2, 0.25) is 0 Å². The molecule has 80 valence electrons. The summed E-state index contributed by atoms with van der Waals surface area (Å²) in [5.41, 5.74) is 1.03. The van der Waals surface area contributed by atoms with Crippen LogP contribution in [0.5, 0.6) is 5.75 Å². The van der Waals surface area contributed by atoms with E-state index in [1.165, 1.54) is 7.11 Å². The Morgan fingerprint density at radius 3 is 2.36 bits per heavy atom. The van der Waals surface area contributed by atoms with Gasteiger partial charge in [-0.05, 0) is 18.6 Å². The van der Waals surface area contributed by atoms with E-state index >= 15 is 0 Å². The molecule has 2 nitrogen and oxygen atoms in total. The van der Waals surface area contributed by atoms with Gasteiger partial charge in [0.25, 0.3) is 0 Å². The van der Waals surface area contributed by atoms with Crippen molar-refractivity contribution in [2.75, 3.05) is 7.11 Å². The quantitative estimate of drug-likeness (QED) is 0.795. The second-order valence-electron chi connectivity index (χ2n) is 2.54. The molecule has 1 rings (SSSR count). The molecule has 0 aliphatic rings. The van der Waals surface area contributed by atoms with E-state index < -0.39 is 5.82 Å². The second kappa shape index (κ2) is 6.38. The molecule has 0 radical (unpaired) electrons. The number of methoxy groups -OCH3 is 1. The Labute approximate surface area is 84.3 Å². The Hall–Kier alpha value is -1.09. The van der Waals surface area contributed by atoms with Crippen molar-refractivity contribution in [3.8, 4) is 5.75 Å². The largest absolute Gasteiger partial charge is 0.494 e. The number of ether oxygens (including phenoxy) is 1. The van der Waals surface area contributed by atoms with E-state index in [2.05, 4.69) is 0 Å². The molecule has 1 aromatic carbocycles. The predicted octanol–water partition coefficient (Wildman–Crippen LogP) is 2.66. The SMILES string of the molecule is CC.COc1ccc(C)c(CO)c1F. The summed E-state index contributed by atoms with van der Waals surface area (Å²) in [5.74, 6) is -0.301. The fourth-order valence-electron chi connectivity index (χ4n) is 1.05. The van der Waals surface area contributed by atoms with Crippen LogP contribution >= 0.6 is 0 Å². The van der Waals surface area contributed by atoms with E-state index in [4.69, 9.17) is 9.84 Å². The summed E-state index contributed by atoms with van der Waals surface area (Å²) in [5, 5.41) is 8.82. The van der Waals surface area contributed by atoms with Gasteiger partial charge in [-0.15, -0.1) is 0 Å². The molecule has 0 amide bonds. The van der Waals surface area contributed by atoms with E-state index in [-0.39, 0.29) is 12.4 Å². The monoisotopic (exact) mass is 200 g/mol. The first-order chi connectivity index (χ1) is 6.70. The zero-order valence-corrected chi connectivity index (χ0v) is 9.10. The van der Waals surface area contributed by atoms with Crippen molar-refractivity contribution in [1.82, 2.24) is 0 Å². The zero-order chi connectivity index (χ0) is 11.1. The minimum atomic E-state index is -0.472. The summed E-state index contributed by atoms with van der Waals surface area (Å²) in [6.07, 6.45) is 0. The van der Waals surface area contributed by atoms with Gasteiger partial charge in [0.1, 0.15) is 0 Å². The van der Waals surface area contributed by atoms with Gasteiger partial charge in [-0.2, -0.15) is 0 Å². The molecule has 0 fully saturated rings. The maximum absolute atomic E-state index is 13.2. The van der Waals surface area contributed by atoms with Crippen molar-refractivity contribution in [2.45, 2.75) is 27.4 Å². The Bertz CT molecular complexity index is 285. The van der Waals surface area contributed by atoms with Gasteiger partial charge >= 0.3 is 0 Å². The molecule has 1 aromatic rings. The standard InChI is InChI=1S/C9H11FO2.C2H6/c1-6-3-4-8(12-2)9(10)7(6)5-11;1-2/h3-4,11H,5H2,1-2H3;1-2H3. The van der Waals surface area contributed by atoms with Crippen LogP contribution in [0.4, 0.5) is 4.39 Å². The van der Waals surface area contributed by atoms with Crippen LogP contribution in [0.15, 0.2) is 12.1 Å². The van der Waals surface area contributed by atoms with Crippen LogP contribution in [0.25, 0.3) is 0 Å². The van der Waals surface area contributed by atoms with Crippen molar-refractivity contribution in [3.05, 3.63) is 29.1 Å². The summed E-state index contributed by atoms with van der Waals surface area (Å²) in [7, 11) is 1.40. The zero-order valence-electron chi connectivity index (χ0n) is 9.10. The van der Waals surface area contributed by atoms with E-state index in [9.17, 15) is 4.39 Å². The first kappa shape index (κ1) is 12.9. The lowest BCUT2D eigenvalue weighted by Gasteiger charge is -2.07. The van der Waals surface area contributed by atoms with E-state index in [1.54, 1.807) is 19.1 Å². The fraction of sp³-hybridized carbons (Fsp3) is 0.455. The molecule has 0 unspecified atom stereocenters. The molecule has 0 spiro atoms. The second-order valence-corrected chi connectivity index (χ2v) is 2.54. The number of aryl methyl sites for hydroxylation is 1. The van der Waals surface area contributed by atoms with E-state index in [0.717, 1.165) is 5.56 Å². The van der Waals surface area contributed by atoms with Gasteiger partial charge in [0, 0.05) is 5.56 Å². The number of benzene rings is 1. The molecule has 0 aromatic heterocycles. The smallest absolute Gasteiger partial charge is 0.170 e.